The number of nitrogens with zero attached hydrogens (tertiary/aromatic N) is 4. The van der Waals surface area contributed by atoms with Crippen molar-refractivity contribution in [1.29, 1.82) is 0 Å². The quantitative estimate of drug-likeness (QED) is 0.192. The highest BCUT2D eigenvalue weighted by Crippen LogP contribution is 2.30. The van der Waals surface area contributed by atoms with Crippen LogP contribution in [0.4, 0.5) is 5.69 Å². The Hall–Kier alpha value is -3.84. The first-order valence-electron chi connectivity index (χ1n) is 14.9. The summed E-state index contributed by atoms with van der Waals surface area (Å²) in [5.41, 5.74) is 5.15. The summed E-state index contributed by atoms with van der Waals surface area (Å²) in [5.74, 6) is -1.16. The lowest BCUT2D eigenvalue weighted by Gasteiger charge is -2.35. The molecule has 5 rings (SSSR count). The molecule has 45 heavy (non-hydrogen) atoms. The van der Waals surface area contributed by atoms with Gasteiger partial charge in [0.25, 0.3) is 11.8 Å². The maximum Gasteiger partial charge on any atom is 0.292 e. The first-order valence-corrected chi connectivity index (χ1v) is 16.1. The normalized spacial score (nSPS) is 20.2. The van der Waals surface area contributed by atoms with Gasteiger partial charge in [0.2, 0.25) is 11.7 Å². The molecule has 1 aliphatic carbocycles. The number of halogens is 1. The second-order valence-electron chi connectivity index (χ2n) is 11.6. The fourth-order valence-electron chi connectivity index (χ4n) is 5.49. The number of aromatic nitrogens is 1. The van der Waals surface area contributed by atoms with Crippen LogP contribution >= 0.6 is 22.9 Å². The van der Waals surface area contributed by atoms with Crippen molar-refractivity contribution >= 4 is 52.2 Å². The van der Waals surface area contributed by atoms with Crippen LogP contribution in [0.15, 0.2) is 59.6 Å². The number of aliphatic imine (C=N–C) groups is 1. The Kier molecular flexibility index (Phi) is 10.8. The van der Waals surface area contributed by atoms with Crippen LogP contribution in [0, 0.1) is 5.92 Å². The fraction of sp³-hybridized carbons (Fsp3) is 0.406. The van der Waals surface area contributed by atoms with Crippen molar-refractivity contribution in [3.63, 3.8) is 0 Å². The highest BCUT2D eigenvalue weighted by Gasteiger charge is 2.37. The molecule has 0 bridgehead atoms. The highest BCUT2D eigenvalue weighted by molar-refractivity contribution is 7.13. The van der Waals surface area contributed by atoms with Gasteiger partial charge in [-0.3, -0.25) is 24.2 Å². The van der Waals surface area contributed by atoms with E-state index in [1.807, 2.05) is 37.4 Å². The number of rotatable bonds is 8. The monoisotopic (exact) mass is 651 g/mol. The zero-order valence-electron chi connectivity index (χ0n) is 25.6. The summed E-state index contributed by atoms with van der Waals surface area (Å²) >= 11 is 7.42. The second-order valence-corrected chi connectivity index (χ2v) is 13.1. The molecule has 1 aromatic heterocycles. The summed E-state index contributed by atoms with van der Waals surface area (Å²) in [7, 11) is 5.50. The van der Waals surface area contributed by atoms with E-state index in [0.717, 1.165) is 35.6 Å². The zero-order valence-corrected chi connectivity index (χ0v) is 27.2. The van der Waals surface area contributed by atoms with E-state index in [-0.39, 0.29) is 30.2 Å². The van der Waals surface area contributed by atoms with Crippen molar-refractivity contribution in [1.82, 2.24) is 25.6 Å². The van der Waals surface area contributed by atoms with E-state index in [9.17, 15) is 14.4 Å². The van der Waals surface area contributed by atoms with Gasteiger partial charge in [0.1, 0.15) is 0 Å². The van der Waals surface area contributed by atoms with Crippen molar-refractivity contribution in [3.8, 4) is 0 Å². The van der Waals surface area contributed by atoms with Gasteiger partial charge in [0.15, 0.2) is 5.01 Å². The molecule has 3 unspecified atom stereocenters. The molecule has 0 saturated heterocycles. The van der Waals surface area contributed by atoms with E-state index in [4.69, 9.17) is 21.4 Å². The third-order valence-corrected chi connectivity index (χ3v) is 9.23. The molecule has 1 saturated carbocycles. The SMILES string of the molecule is CN1CCc2nc(C(=O)NC3CC(C(=O)N(C)C)CCC3N=C(NOCc3ccccc3)C(=O)Nc3ccc(Cl)cc3)sc2C1. The van der Waals surface area contributed by atoms with Gasteiger partial charge in [0, 0.05) is 55.1 Å². The number of fused-ring (bicyclic) bond motifs is 1. The molecule has 13 heteroatoms. The minimum absolute atomic E-state index is 0.00514. The Labute approximate surface area is 272 Å². The van der Waals surface area contributed by atoms with Crippen LogP contribution in [-0.2, 0) is 34.0 Å². The predicted molar refractivity (Wildman–Crippen MR) is 175 cm³/mol. The van der Waals surface area contributed by atoms with Crippen LogP contribution < -0.4 is 16.1 Å². The number of likely N-dealkylation sites (N-methyl/N-ethyl adjacent to an activating group) is 1. The lowest BCUT2D eigenvalue weighted by molar-refractivity contribution is -0.134. The summed E-state index contributed by atoms with van der Waals surface area (Å²) in [4.78, 5) is 60.0. The van der Waals surface area contributed by atoms with Gasteiger partial charge in [-0.1, -0.05) is 41.9 Å². The number of benzene rings is 2. The summed E-state index contributed by atoms with van der Waals surface area (Å²) in [5, 5.41) is 6.88. The maximum atomic E-state index is 13.5. The number of hydroxylamine groups is 1. The van der Waals surface area contributed by atoms with Gasteiger partial charge < -0.3 is 20.4 Å². The topological polar surface area (TPSA) is 128 Å². The van der Waals surface area contributed by atoms with Gasteiger partial charge in [-0.2, -0.15) is 0 Å². The minimum atomic E-state index is -0.516. The number of amidine groups is 1. The van der Waals surface area contributed by atoms with Crippen molar-refractivity contribution in [2.24, 2.45) is 10.9 Å². The van der Waals surface area contributed by atoms with Crippen LogP contribution in [0.2, 0.25) is 5.02 Å². The van der Waals surface area contributed by atoms with E-state index in [0.29, 0.717) is 35.0 Å². The van der Waals surface area contributed by atoms with Crippen LogP contribution in [0.5, 0.6) is 0 Å². The third-order valence-electron chi connectivity index (χ3n) is 7.90. The molecular formula is C32H38ClN7O4S. The average Bonchev–Trinajstić information content (AvgIpc) is 3.46. The standard InChI is InChI=1S/C32H38ClN7O4S/c1-39(2)32(43)21-9-14-24(26(17-21)36-30(42)31-37-25-15-16-40(3)18-27(25)45-31)35-28(38-44-19-20-7-5-4-6-8-20)29(41)34-23-12-10-22(33)11-13-23/h4-8,10-13,21,24,26H,9,14-19H2,1-3H3,(H,34,41)(H,35,38)(H,36,42). The molecular weight excluding hydrogens is 614 g/mol. The van der Waals surface area contributed by atoms with Crippen molar-refractivity contribution < 1.29 is 19.2 Å². The molecule has 11 nitrogen and oxygen atoms in total. The summed E-state index contributed by atoms with van der Waals surface area (Å²) in [6.45, 7) is 1.85. The fourth-order valence-corrected chi connectivity index (χ4v) is 6.70. The molecule has 2 aliphatic rings. The number of amides is 3. The smallest absolute Gasteiger partial charge is 0.292 e. The zero-order chi connectivity index (χ0) is 31.9. The Balaban J connectivity index is 1.38. The van der Waals surface area contributed by atoms with E-state index < -0.39 is 18.0 Å². The Morgan fingerprint density at radius 2 is 1.87 bits per heavy atom. The molecule has 2 heterocycles. The van der Waals surface area contributed by atoms with Crippen LogP contribution in [0.3, 0.4) is 0 Å². The molecule has 1 fully saturated rings. The summed E-state index contributed by atoms with van der Waals surface area (Å²) in [6, 6.07) is 15.3. The maximum absolute atomic E-state index is 13.5. The Morgan fingerprint density at radius 1 is 1.11 bits per heavy atom. The molecule has 0 spiro atoms. The molecule has 0 radical (unpaired) electrons. The van der Waals surface area contributed by atoms with Gasteiger partial charge in [0.05, 0.1) is 24.4 Å². The summed E-state index contributed by atoms with van der Waals surface area (Å²) in [6.07, 6.45) is 2.21. The molecule has 3 amide bonds. The minimum Gasteiger partial charge on any atom is -0.349 e. The van der Waals surface area contributed by atoms with Gasteiger partial charge in [-0.05, 0) is 56.1 Å². The Morgan fingerprint density at radius 3 is 2.60 bits per heavy atom. The van der Waals surface area contributed by atoms with Crippen LogP contribution in [0.1, 0.15) is 45.2 Å². The van der Waals surface area contributed by atoms with Crippen molar-refractivity contribution in [3.05, 3.63) is 80.8 Å². The first kappa shape index (κ1) is 32.6. The third kappa shape index (κ3) is 8.66. The van der Waals surface area contributed by atoms with E-state index >= 15 is 0 Å². The lowest BCUT2D eigenvalue weighted by atomic mass is 9.81. The first-order chi connectivity index (χ1) is 21.7. The van der Waals surface area contributed by atoms with Crippen LogP contribution in [-0.4, -0.2) is 78.1 Å². The van der Waals surface area contributed by atoms with E-state index in [1.54, 1.807) is 43.3 Å². The van der Waals surface area contributed by atoms with E-state index in [1.165, 1.54) is 11.3 Å². The van der Waals surface area contributed by atoms with Gasteiger partial charge in [-0.15, -0.1) is 11.3 Å². The van der Waals surface area contributed by atoms with Crippen molar-refractivity contribution in [2.75, 3.05) is 33.0 Å². The van der Waals surface area contributed by atoms with Crippen LogP contribution in [0.25, 0.3) is 0 Å². The number of hydrogen-bond donors (Lipinski definition) is 3. The molecule has 2 aromatic carbocycles. The van der Waals surface area contributed by atoms with E-state index in [2.05, 4.69) is 26.0 Å². The van der Waals surface area contributed by atoms with Gasteiger partial charge in [-0.25, -0.2) is 10.5 Å². The summed E-state index contributed by atoms with van der Waals surface area (Å²) < 4.78 is 0. The van der Waals surface area contributed by atoms with Gasteiger partial charge >= 0.3 is 0 Å². The molecule has 3 aromatic rings. The second kappa shape index (κ2) is 15.0. The molecule has 238 valence electrons. The predicted octanol–water partition coefficient (Wildman–Crippen LogP) is 3.90. The number of nitrogens with one attached hydrogen (secondary N) is 3. The number of carbonyl (C=O) groups is 3. The molecule has 1 aliphatic heterocycles. The number of hydrogen-bond acceptors (Lipinski definition) is 8. The largest absolute Gasteiger partial charge is 0.349 e. The number of anilines is 1. The molecule has 3 N–H and O–H groups in total. The highest BCUT2D eigenvalue weighted by atomic mass is 35.5. The average molecular weight is 652 g/mol. The number of thiazole rings is 1. The van der Waals surface area contributed by atoms with Crippen molar-refractivity contribution in [2.45, 2.75) is 50.9 Å². The molecule has 3 atom stereocenters. The number of carbonyl (C=O) groups excluding carboxylic acids is 3. The Bertz CT molecular complexity index is 1530. The lowest BCUT2D eigenvalue weighted by Crippen LogP contribution is -2.50.